The van der Waals surface area contributed by atoms with E-state index >= 15 is 0 Å². The van der Waals surface area contributed by atoms with Crippen LogP contribution in [-0.2, 0) is 6.54 Å². The number of aromatic nitrogens is 2. The van der Waals surface area contributed by atoms with Crippen LogP contribution in [0.5, 0.6) is 11.5 Å². The summed E-state index contributed by atoms with van der Waals surface area (Å²) in [5, 5.41) is 6.46. The van der Waals surface area contributed by atoms with Crippen molar-refractivity contribution < 1.29 is 9.47 Å². The molecule has 0 amide bonds. The number of nitrogens with zero attached hydrogens (tertiary/aromatic N) is 2. The lowest BCUT2D eigenvalue weighted by atomic mass is 10.2. The third-order valence-corrected chi connectivity index (χ3v) is 3.63. The van der Waals surface area contributed by atoms with Gasteiger partial charge in [-0.15, -0.1) is 0 Å². The molecule has 0 atom stereocenters. The van der Waals surface area contributed by atoms with Gasteiger partial charge in [0, 0.05) is 18.8 Å². The summed E-state index contributed by atoms with van der Waals surface area (Å²) in [6.45, 7) is 0.698. The summed E-state index contributed by atoms with van der Waals surface area (Å²) in [5.41, 5.74) is 1.95. The van der Waals surface area contributed by atoms with Gasteiger partial charge in [0.2, 0.25) is 5.95 Å². The standard InChI is InChI=1S/C19H20N4O2/c1-24-15-8-9-16(17(12-15)25-2)22-19-20-11-10-18(23-19)21-13-14-6-4-3-5-7-14/h3-12H,13H2,1-2H3,(H2,20,21,22,23). The normalized spacial score (nSPS) is 10.2. The summed E-state index contributed by atoms with van der Waals surface area (Å²) in [6, 6.07) is 17.5. The van der Waals surface area contributed by atoms with Crippen molar-refractivity contribution in [2.45, 2.75) is 6.54 Å². The molecule has 3 rings (SSSR count). The smallest absolute Gasteiger partial charge is 0.229 e. The number of rotatable bonds is 7. The Morgan fingerprint density at radius 2 is 1.80 bits per heavy atom. The quantitative estimate of drug-likeness (QED) is 0.683. The van der Waals surface area contributed by atoms with E-state index in [2.05, 4.69) is 32.7 Å². The molecule has 0 bridgehead atoms. The highest BCUT2D eigenvalue weighted by Gasteiger charge is 2.07. The van der Waals surface area contributed by atoms with E-state index in [9.17, 15) is 0 Å². The molecule has 2 N–H and O–H groups in total. The summed E-state index contributed by atoms with van der Waals surface area (Å²) in [7, 11) is 3.23. The van der Waals surface area contributed by atoms with Crippen molar-refractivity contribution in [1.82, 2.24) is 9.97 Å². The Hall–Kier alpha value is -3.28. The Morgan fingerprint density at radius 1 is 0.960 bits per heavy atom. The van der Waals surface area contributed by atoms with Gasteiger partial charge in [0.15, 0.2) is 0 Å². The molecule has 0 saturated carbocycles. The summed E-state index contributed by atoms with van der Waals surface area (Å²) >= 11 is 0. The molecule has 0 aliphatic rings. The van der Waals surface area contributed by atoms with Gasteiger partial charge in [-0.25, -0.2) is 4.98 Å². The zero-order valence-corrected chi connectivity index (χ0v) is 14.2. The topological polar surface area (TPSA) is 68.3 Å². The van der Waals surface area contributed by atoms with Crippen LogP contribution in [0.25, 0.3) is 0 Å². The minimum absolute atomic E-state index is 0.488. The first kappa shape index (κ1) is 16.6. The first-order chi connectivity index (χ1) is 12.3. The zero-order valence-electron chi connectivity index (χ0n) is 14.2. The number of methoxy groups -OCH3 is 2. The Bertz CT molecular complexity index is 825. The molecule has 0 unspecified atom stereocenters. The molecule has 25 heavy (non-hydrogen) atoms. The average molecular weight is 336 g/mol. The molecule has 1 aromatic heterocycles. The number of nitrogens with one attached hydrogen (secondary N) is 2. The molecule has 0 aliphatic heterocycles. The SMILES string of the molecule is COc1ccc(Nc2nccc(NCc3ccccc3)n2)c(OC)c1. The minimum atomic E-state index is 0.488. The predicted octanol–water partition coefficient (Wildman–Crippen LogP) is 3.85. The van der Waals surface area contributed by atoms with E-state index < -0.39 is 0 Å². The minimum Gasteiger partial charge on any atom is -0.497 e. The van der Waals surface area contributed by atoms with Gasteiger partial charge in [-0.05, 0) is 23.8 Å². The highest BCUT2D eigenvalue weighted by atomic mass is 16.5. The molecular weight excluding hydrogens is 316 g/mol. The van der Waals surface area contributed by atoms with Crippen molar-refractivity contribution in [1.29, 1.82) is 0 Å². The number of ether oxygens (including phenoxy) is 2. The molecule has 2 aromatic carbocycles. The maximum absolute atomic E-state index is 5.38. The van der Waals surface area contributed by atoms with Crippen LogP contribution in [-0.4, -0.2) is 24.2 Å². The average Bonchev–Trinajstić information content (AvgIpc) is 2.68. The Labute approximate surface area is 146 Å². The van der Waals surface area contributed by atoms with Gasteiger partial charge < -0.3 is 20.1 Å². The fraction of sp³-hybridized carbons (Fsp3) is 0.158. The summed E-state index contributed by atoms with van der Waals surface area (Å²) in [4.78, 5) is 8.74. The fourth-order valence-corrected chi connectivity index (χ4v) is 2.33. The van der Waals surface area contributed by atoms with Crippen molar-refractivity contribution in [2.75, 3.05) is 24.9 Å². The number of hydrogen-bond acceptors (Lipinski definition) is 6. The predicted molar refractivity (Wildman–Crippen MR) is 98.6 cm³/mol. The Kier molecular flexibility index (Phi) is 5.31. The summed E-state index contributed by atoms with van der Waals surface area (Å²) in [6.07, 6.45) is 1.71. The fourth-order valence-electron chi connectivity index (χ4n) is 2.33. The molecule has 0 radical (unpaired) electrons. The van der Waals surface area contributed by atoms with E-state index in [1.54, 1.807) is 26.5 Å². The highest BCUT2D eigenvalue weighted by Crippen LogP contribution is 2.30. The maximum atomic E-state index is 5.38. The Balaban J connectivity index is 1.71. The molecule has 128 valence electrons. The summed E-state index contributed by atoms with van der Waals surface area (Å²) in [5.74, 6) is 2.61. The lowest BCUT2D eigenvalue weighted by Crippen LogP contribution is -2.04. The zero-order chi connectivity index (χ0) is 17.5. The lowest BCUT2D eigenvalue weighted by Gasteiger charge is -2.12. The van der Waals surface area contributed by atoms with E-state index in [1.807, 2.05) is 36.4 Å². The van der Waals surface area contributed by atoms with Crippen LogP contribution in [0, 0.1) is 0 Å². The Morgan fingerprint density at radius 3 is 2.56 bits per heavy atom. The third kappa shape index (κ3) is 4.38. The number of hydrogen-bond donors (Lipinski definition) is 2. The largest absolute Gasteiger partial charge is 0.497 e. The van der Waals surface area contributed by atoms with Gasteiger partial charge in [-0.2, -0.15) is 4.98 Å². The first-order valence-electron chi connectivity index (χ1n) is 7.88. The second-order valence-corrected chi connectivity index (χ2v) is 5.30. The van der Waals surface area contributed by atoms with Gasteiger partial charge in [0.25, 0.3) is 0 Å². The van der Waals surface area contributed by atoms with E-state index in [0.29, 0.717) is 18.2 Å². The van der Waals surface area contributed by atoms with Crippen molar-refractivity contribution in [3.8, 4) is 11.5 Å². The van der Waals surface area contributed by atoms with Crippen LogP contribution in [0.4, 0.5) is 17.5 Å². The van der Waals surface area contributed by atoms with Crippen LogP contribution in [0.2, 0.25) is 0 Å². The molecule has 0 aliphatic carbocycles. The van der Waals surface area contributed by atoms with Gasteiger partial charge in [-0.3, -0.25) is 0 Å². The molecular formula is C19H20N4O2. The van der Waals surface area contributed by atoms with Gasteiger partial charge in [-0.1, -0.05) is 30.3 Å². The van der Waals surface area contributed by atoms with Crippen LogP contribution < -0.4 is 20.1 Å². The second kappa shape index (κ2) is 8.01. The number of anilines is 3. The molecule has 6 heteroatoms. The van der Waals surface area contributed by atoms with Crippen LogP contribution in [0.15, 0.2) is 60.8 Å². The van der Waals surface area contributed by atoms with Crippen LogP contribution >= 0.6 is 0 Å². The molecule has 0 spiro atoms. The summed E-state index contributed by atoms with van der Waals surface area (Å²) < 4.78 is 10.6. The van der Waals surface area contributed by atoms with Gasteiger partial charge >= 0.3 is 0 Å². The third-order valence-electron chi connectivity index (χ3n) is 3.63. The van der Waals surface area contributed by atoms with Crippen molar-refractivity contribution in [3.63, 3.8) is 0 Å². The van der Waals surface area contributed by atoms with E-state index in [4.69, 9.17) is 9.47 Å². The molecule has 0 saturated heterocycles. The first-order valence-corrected chi connectivity index (χ1v) is 7.88. The van der Waals surface area contributed by atoms with Gasteiger partial charge in [0.1, 0.15) is 17.3 Å². The van der Waals surface area contributed by atoms with Crippen LogP contribution in [0.1, 0.15) is 5.56 Å². The van der Waals surface area contributed by atoms with Crippen molar-refractivity contribution in [2.24, 2.45) is 0 Å². The van der Waals surface area contributed by atoms with Crippen molar-refractivity contribution in [3.05, 3.63) is 66.4 Å². The monoisotopic (exact) mass is 336 g/mol. The lowest BCUT2D eigenvalue weighted by molar-refractivity contribution is 0.395. The van der Waals surface area contributed by atoms with Crippen molar-refractivity contribution >= 4 is 17.5 Å². The van der Waals surface area contributed by atoms with E-state index in [0.717, 1.165) is 17.3 Å². The van der Waals surface area contributed by atoms with E-state index in [1.165, 1.54) is 5.56 Å². The van der Waals surface area contributed by atoms with Crippen LogP contribution in [0.3, 0.4) is 0 Å². The molecule has 3 aromatic rings. The van der Waals surface area contributed by atoms with E-state index in [-0.39, 0.29) is 0 Å². The molecule has 1 heterocycles. The second-order valence-electron chi connectivity index (χ2n) is 5.30. The maximum Gasteiger partial charge on any atom is 0.229 e. The van der Waals surface area contributed by atoms with Gasteiger partial charge in [0.05, 0.1) is 19.9 Å². The molecule has 0 fully saturated rings. The highest BCUT2D eigenvalue weighted by molar-refractivity contribution is 5.64. The molecule has 6 nitrogen and oxygen atoms in total. The number of benzene rings is 2.